The Hall–Kier alpha value is -1.38. The molecule has 0 bridgehead atoms. The number of halogens is 2. The lowest BCUT2D eigenvalue weighted by molar-refractivity contribution is 0.360. The van der Waals surface area contributed by atoms with Crippen molar-refractivity contribution >= 4 is 23.2 Å². The molecule has 0 saturated carbocycles. The van der Waals surface area contributed by atoms with Crippen molar-refractivity contribution < 1.29 is 9.47 Å². The first-order valence-electron chi connectivity index (χ1n) is 4.68. The Kier molecular flexibility index (Phi) is 2.20. The molecule has 0 atom stereocenters. The lowest BCUT2D eigenvalue weighted by Gasteiger charge is -2.21. The van der Waals surface area contributed by atoms with Crippen molar-refractivity contribution in [3.05, 3.63) is 46.4 Å². The van der Waals surface area contributed by atoms with Crippen LogP contribution in [0.3, 0.4) is 0 Å². The quantitative estimate of drug-likeness (QED) is 0.576. The molecule has 0 unspecified atom stereocenters. The molecule has 1 aliphatic heterocycles. The minimum absolute atomic E-state index is 0.442. The molecule has 2 aromatic rings. The number of para-hydroxylation sites is 2. The minimum Gasteiger partial charge on any atom is -0.449 e. The maximum absolute atomic E-state index is 6.02. The van der Waals surface area contributed by atoms with Crippen LogP contribution in [0.1, 0.15) is 0 Å². The Morgan fingerprint density at radius 1 is 0.812 bits per heavy atom. The molecule has 0 spiro atoms. The summed E-state index contributed by atoms with van der Waals surface area (Å²) < 4.78 is 11.3. The highest BCUT2D eigenvalue weighted by atomic mass is 35.5. The fourth-order valence-electron chi connectivity index (χ4n) is 1.56. The van der Waals surface area contributed by atoms with Gasteiger partial charge in [0.05, 0.1) is 5.02 Å². The van der Waals surface area contributed by atoms with Crippen LogP contribution < -0.4 is 9.47 Å². The van der Waals surface area contributed by atoms with Crippen molar-refractivity contribution in [1.29, 1.82) is 0 Å². The Morgan fingerprint density at radius 3 is 2.25 bits per heavy atom. The molecule has 1 heterocycles. The van der Waals surface area contributed by atoms with Gasteiger partial charge in [-0.3, -0.25) is 0 Å². The Labute approximate surface area is 102 Å². The minimum atomic E-state index is 0.442. The van der Waals surface area contributed by atoms with E-state index in [2.05, 4.69) is 0 Å². The van der Waals surface area contributed by atoms with Gasteiger partial charge in [0.1, 0.15) is 0 Å². The Morgan fingerprint density at radius 2 is 1.50 bits per heavy atom. The van der Waals surface area contributed by atoms with Gasteiger partial charge in [-0.05, 0) is 18.2 Å². The maximum atomic E-state index is 6.02. The maximum Gasteiger partial charge on any atom is 0.188 e. The molecular weight excluding hydrogens is 259 g/mol. The third-order valence-electron chi connectivity index (χ3n) is 2.26. The van der Waals surface area contributed by atoms with Crippen LogP contribution in [0.15, 0.2) is 36.4 Å². The highest BCUT2D eigenvalue weighted by molar-refractivity contribution is 6.36. The number of hydrogen-bond donors (Lipinski definition) is 0. The molecule has 0 fully saturated rings. The molecule has 1 aliphatic rings. The first kappa shape index (κ1) is 9.82. The van der Waals surface area contributed by atoms with Crippen LogP contribution in [-0.4, -0.2) is 0 Å². The molecule has 2 nitrogen and oxygen atoms in total. The SMILES string of the molecule is Cl[13c]1[13cH][13c](Cl)[13c]2[13c]([13cH]1)O[13c]1[13cH][13cH][13cH][13cH][13c]1O2. The highest BCUT2D eigenvalue weighted by Gasteiger charge is 2.21. The summed E-state index contributed by atoms with van der Waals surface area (Å²) in [6.07, 6.45) is 0. The molecule has 0 saturated heterocycles. The molecular formula is C12H6Cl2O2. The Balaban J connectivity index is 2.15. The summed E-state index contributed by atoms with van der Waals surface area (Å²) >= 11 is 11.9. The Bertz CT molecular complexity index is 567. The van der Waals surface area contributed by atoms with Crippen LogP contribution in [0.2, 0.25) is 10.0 Å². The average Bonchev–Trinajstić information content (AvgIpc) is 2.27. The summed E-state index contributed by atoms with van der Waals surface area (Å²) in [5.41, 5.74) is 0. The van der Waals surface area contributed by atoms with Crippen LogP contribution >= 0.6 is 23.2 Å². The van der Waals surface area contributed by atoms with Crippen LogP contribution in [-0.2, 0) is 0 Å². The average molecular weight is 265 g/mol. The highest BCUT2D eigenvalue weighted by Crippen LogP contribution is 2.49. The van der Waals surface area contributed by atoms with E-state index in [0.717, 1.165) is 0 Å². The largest absolute Gasteiger partial charge is 0.449 e. The topological polar surface area (TPSA) is 18.5 Å². The lowest BCUT2D eigenvalue weighted by atomic mass is 11.2. The molecule has 3 rings (SSSR count). The molecule has 16 heavy (non-hydrogen) atoms. The van der Waals surface area contributed by atoms with Gasteiger partial charge < -0.3 is 9.47 Å². The van der Waals surface area contributed by atoms with Crippen LogP contribution in [0.5, 0.6) is 23.0 Å². The summed E-state index contributed by atoms with van der Waals surface area (Å²) in [5.74, 6) is 2.36. The second kappa shape index (κ2) is 3.58. The normalized spacial score (nSPS) is 12.1. The van der Waals surface area contributed by atoms with Gasteiger partial charge in [-0.1, -0.05) is 35.3 Å². The van der Waals surface area contributed by atoms with Gasteiger partial charge in [0.25, 0.3) is 0 Å². The summed E-state index contributed by atoms with van der Waals surface area (Å²) in [6.45, 7) is 0. The van der Waals surface area contributed by atoms with Crippen molar-refractivity contribution in [3.8, 4) is 23.0 Å². The molecule has 2 aromatic carbocycles. The molecule has 0 aromatic heterocycles. The zero-order valence-electron chi connectivity index (χ0n) is 8.04. The third-order valence-corrected chi connectivity index (χ3v) is 2.75. The molecule has 0 aliphatic carbocycles. The number of benzene rings is 2. The summed E-state index contributed by atoms with van der Waals surface area (Å²) in [5, 5.41) is 0.962. The van der Waals surface area contributed by atoms with Gasteiger partial charge in [0.2, 0.25) is 0 Å². The van der Waals surface area contributed by atoms with Crippen molar-refractivity contribution in [2.45, 2.75) is 0 Å². The van der Waals surface area contributed by atoms with Crippen molar-refractivity contribution in [2.75, 3.05) is 0 Å². The van der Waals surface area contributed by atoms with Crippen molar-refractivity contribution in [2.24, 2.45) is 0 Å². The number of rotatable bonds is 0. The molecule has 80 valence electrons. The van der Waals surface area contributed by atoms with Crippen LogP contribution in [0, 0.1) is 0 Å². The first-order valence-corrected chi connectivity index (χ1v) is 5.43. The molecule has 0 radical (unpaired) electrons. The van der Waals surface area contributed by atoms with Gasteiger partial charge in [-0.2, -0.15) is 0 Å². The van der Waals surface area contributed by atoms with Gasteiger partial charge in [0, 0.05) is 11.1 Å². The van der Waals surface area contributed by atoms with E-state index in [4.69, 9.17) is 32.7 Å². The van der Waals surface area contributed by atoms with E-state index < -0.39 is 0 Å². The van der Waals surface area contributed by atoms with Crippen molar-refractivity contribution in [3.63, 3.8) is 0 Å². The van der Waals surface area contributed by atoms with Gasteiger partial charge in [0.15, 0.2) is 23.0 Å². The zero-order chi connectivity index (χ0) is 11.1. The van der Waals surface area contributed by atoms with E-state index in [1.54, 1.807) is 12.1 Å². The van der Waals surface area contributed by atoms with E-state index >= 15 is 0 Å². The molecule has 4 heteroatoms. The second-order valence-electron chi connectivity index (χ2n) is 3.37. The van der Waals surface area contributed by atoms with Gasteiger partial charge in [-0.25, -0.2) is 0 Å². The van der Waals surface area contributed by atoms with E-state index in [-0.39, 0.29) is 0 Å². The first-order chi connectivity index (χ1) is 7.74. The predicted octanol–water partition coefficient (Wildman–Crippen LogP) is 4.89. The van der Waals surface area contributed by atoms with E-state index in [1.165, 1.54) is 0 Å². The monoisotopic (exact) mass is 264 g/mol. The molecule has 0 N–H and O–H groups in total. The molecule has 0 amide bonds. The summed E-state index contributed by atoms with van der Waals surface area (Å²) in [6, 6.07) is 10.7. The fourth-order valence-corrected chi connectivity index (χ4v) is 2.07. The van der Waals surface area contributed by atoms with Crippen molar-refractivity contribution in [1.82, 2.24) is 0 Å². The van der Waals surface area contributed by atoms with E-state index in [9.17, 15) is 0 Å². The number of ether oxygens (including phenoxy) is 2. The zero-order valence-corrected chi connectivity index (χ0v) is 9.55. The number of fused-ring (bicyclic) bond motifs is 2. The smallest absolute Gasteiger partial charge is 0.188 e. The number of hydrogen-bond acceptors (Lipinski definition) is 2. The lowest BCUT2D eigenvalue weighted by Crippen LogP contribution is -1.99. The summed E-state index contributed by atoms with van der Waals surface area (Å²) in [7, 11) is 0. The summed E-state index contributed by atoms with van der Waals surface area (Å²) in [4.78, 5) is 0. The van der Waals surface area contributed by atoms with Crippen LogP contribution in [0.4, 0.5) is 0 Å². The predicted molar refractivity (Wildman–Crippen MR) is 63.1 cm³/mol. The van der Waals surface area contributed by atoms with Gasteiger partial charge in [-0.15, -0.1) is 0 Å². The third kappa shape index (κ3) is 1.51. The van der Waals surface area contributed by atoms with Crippen LogP contribution in [0.25, 0.3) is 0 Å². The standard InChI is InChI=1S/C12H6Cl2O2/c13-7-5-8(14)12-11(6-7)15-9-3-1-2-4-10(9)16-12/h1-6H/i1+1,2+1,3+1,4+1,5+1,6+1,7+1,8+1,9+1,10+1,11+1,12+1. The van der Waals surface area contributed by atoms with Gasteiger partial charge >= 0.3 is 0 Å². The van der Waals surface area contributed by atoms with E-state index in [0.29, 0.717) is 33.0 Å². The van der Waals surface area contributed by atoms with E-state index in [1.807, 2.05) is 24.3 Å². The second-order valence-corrected chi connectivity index (χ2v) is 4.21. The fraction of sp³-hybridized carbons (Fsp3) is 0.